The standard InChI is InChI=1S/C15H23NO3S/c1-2-3-12-19-14-8-10-15(11-9-14)20(17,18)16-13-6-4-5-7-13/h8-11,13,16H,2-7,12H2,1H3. The van der Waals surface area contributed by atoms with Gasteiger partial charge in [0.05, 0.1) is 11.5 Å². The molecule has 4 nitrogen and oxygen atoms in total. The first-order chi connectivity index (χ1) is 9.62. The lowest BCUT2D eigenvalue weighted by atomic mass is 10.3. The second kappa shape index (κ2) is 7.09. The summed E-state index contributed by atoms with van der Waals surface area (Å²) in [6.07, 6.45) is 6.19. The molecule has 1 aliphatic carbocycles. The summed E-state index contributed by atoms with van der Waals surface area (Å²) in [5, 5.41) is 0. The maximum Gasteiger partial charge on any atom is 0.240 e. The molecule has 1 fully saturated rings. The largest absolute Gasteiger partial charge is 0.494 e. The number of ether oxygens (including phenoxy) is 1. The van der Waals surface area contributed by atoms with Crippen LogP contribution < -0.4 is 9.46 Å². The van der Waals surface area contributed by atoms with Gasteiger partial charge in [-0.3, -0.25) is 0 Å². The normalized spacial score (nSPS) is 16.4. The molecule has 0 heterocycles. The van der Waals surface area contributed by atoms with E-state index in [2.05, 4.69) is 11.6 Å². The molecule has 0 unspecified atom stereocenters. The maximum absolute atomic E-state index is 12.2. The van der Waals surface area contributed by atoms with Gasteiger partial charge in [0.1, 0.15) is 5.75 Å². The van der Waals surface area contributed by atoms with Crippen molar-refractivity contribution >= 4 is 10.0 Å². The molecule has 2 rings (SSSR count). The number of hydrogen-bond acceptors (Lipinski definition) is 3. The van der Waals surface area contributed by atoms with Gasteiger partial charge >= 0.3 is 0 Å². The molecule has 20 heavy (non-hydrogen) atoms. The predicted molar refractivity (Wildman–Crippen MR) is 79.4 cm³/mol. The molecule has 1 aliphatic rings. The van der Waals surface area contributed by atoms with Gasteiger partial charge in [-0.15, -0.1) is 0 Å². The molecule has 112 valence electrons. The Morgan fingerprint density at radius 2 is 1.85 bits per heavy atom. The monoisotopic (exact) mass is 297 g/mol. The summed E-state index contributed by atoms with van der Waals surface area (Å²) in [6.45, 7) is 2.77. The van der Waals surface area contributed by atoms with Crippen molar-refractivity contribution in [1.82, 2.24) is 4.72 Å². The fourth-order valence-electron chi connectivity index (χ4n) is 2.38. The molecular weight excluding hydrogens is 274 g/mol. The Balaban J connectivity index is 1.97. The van der Waals surface area contributed by atoms with Gasteiger partial charge in [0, 0.05) is 6.04 Å². The van der Waals surface area contributed by atoms with Gasteiger partial charge in [0.15, 0.2) is 0 Å². The second-order valence-corrected chi connectivity index (χ2v) is 6.99. The maximum atomic E-state index is 12.2. The van der Waals surface area contributed by atoms with Crippen molar-refractivity contribution in [3.63, 3.8) is 0 Å². The van der Waals surface area contributed by atoms with E-state index in [0.29, 0.717) is 11.5 Å². The lowest BCUT2D eigenvalue weighted by Gasteiger charge is -2.13. The van der Waals surface area contributed by atoms with Crippen LogP contribution in [0.1, 0.15) is 45.4 Å². The van der Waals surface area contributed by atoms with Gasteiger partial charge in [-0.05, 0) is 43.5 Å². The molecule has 0 aromatic heterocycles. The molecule has 0 spiro atoms. The zero-order chi connectivity index (χ0) is 14.4. The highest BCUT2D eigenvalue weighted by Gasteiger charge is 2.22. The van der Waals surface area contributed by atoms with Crippen LogP contribution >= 0.6 is 0 Å². The first-order valence-electron chi connectivity index (χ1n) is 7.37. The Hall–Kier alpha value is -1.07. The van der Waals surface area contributed by atoms with Gasteiger partial charge in [-0.2, -0.15) is 0 Å². The molecule has 0 bridgehead atoms. The highest BCUT2D eigenvalue weighted by Crippen LogP contribution is 2.21. The van der Waals surface area contributed by atoms with Crippen LogP contribution in [0.15, 0.2) is 29.2 Å². The Kier molecular flexibility index (Phi) is 5.43. The Morgan fingerprint density at radius 3 is 2.45 bits per heavy atom. The molecule has 0 radical (unpaired) electrons. The number of sulfonamides is 1. The number of unbranched alkanes of at least 4 members (excludes halogenated alkanes) is 1. The third kappa shape index (κ3) is 4.21. The van der Waals surface area contributed by atoms with Crippen molar-refractivity contribution in [2.75, 3.05) is 6.61 Å². The average Bonchev–Trinajstić information content (AvgIpc) is 2.92. The van der Waals surface area contributed by atoms with Crippen molar-refractivity contribution in [3.05, 3.63) is 24.3 Å². The minimum Gasteiger partial charge on any atom is -0.494 e. The van der Waals surface area contributed by atoms with Crippen LogP contribution in [0, 0.1) is 0 Å². The van der Waals surface area contributed by atoms with Crippen LogP contribution in [-0.2, 0) is 10.0 Å². The summed E-state index contributed by atoms with van der Waals surface area (Å²) in [7, 11) is -3.39. The minimum absolute atomic E-state index is 0.0977. The van der Waals surface area contributed by atoms with Crippen LogP contribution in [0.25, 0.3) is 0 Å². The predicted octanol–water partition coefficient (Wildman–Crippen LogP) is 3.09. The highest BCUT2D eigenvalue weighted by atomic mass is 32.2. The van der Waals surface area contributed by atoms with Crippen molar-refractivity contribution < 1.29 is 13.2 Å². The number of benzene rings is 1. The van der Waals surface area contributed by atoms with Crippen molar-refractivity contribution in [2.24, 2.45) is 0 Å². The van der Waals surface area contributed by atoms with E-state index >= 15 is 0 Å². The van der Waals surface area contributed by atoms with E-state index in [9.17, 15) is 8.42 Å². The van der Waals surface area contributed by atoms with Crippen molar-refractivity contribution in [1.29, 1.82) is 0 Å². The van der Waals surface area contributed by atoms with E-state index in [1.165, 1.54) is 0 Å². The molecule has 1 aromatic carbocycles. The fourth-order valence-corrected chi connectivity index (χ4v) is 3.69. The first-order valence-corrected chi connectivity index (χ1v) is 8.85. The lowest BCUT2D eigenvalue weighted by molar-refractivity contribution is 0.309. The third-order valence-corrected chi connectivity index (χ3v) is 5.11. The van der Waals surface area contributed by atoms with E-state index in [1.807, 2.05) is 0 Å². The molecule has 1 aromatic rings. The molecule has 1 saturated carbocycles. The fraction of sp³-hybridized carbons (Fsp3) is 0.600. The van der Waals surface area contributed by atoms with Crippen LogP contribution in [0.5, 0.6) is 5.75 Å². The summed E-state index contributed by atoms with van der Waals surface area (Å²) in [4.78, 5) is 0.312. The number of rotatable bonds is 7. The van der Waals surface area contributed by atoms with Crippen LogP contribution in [0.2, 0.25) is 0 Å². The Labute approximate surface area is 121 Å². The van der Waals surface area contributed by atoms with Crippen molar-refractivity contribution in [3.8, 4) is 5.75 Å². The summed E-state index contributed by atoms with van der Waals surface area (Å²) < 4.78 is 32.7. The van der Waals surface area contributed by atoms with Gasteiger partial charge < -0.3 is 4.74 Å². The smallest absolute Gasteiger partial charge is 0.240 e. The lowest BCUT2D eigenvalue weighted by Crippen LogP contribution is -2.32. The van der Waals surface area contributed by atoms with Gasteiger partial charge in [0.25, 0.3) is 0 Å². The molecule has 5 heteroatoms. The van der Waals surface area contributed by atoms with E-state index in [4.69, 9.17) is 4.74 Å². The van der Waals surface area contributed by atoms with E-state index in [-0.39, 0.29) is 6.04 Å². The molecule has 1 N–H and O–H groups in total. The molecule has 0 atom stereocenters. The Bertz CT molecular complexity index is 504. The molecule has 0 saturated heterocycles. The number of nitrogens with one attached hydrogen (secondary N) is 1. The molecule has 0 amide bonds. The van der Waals surface area contributed by atoms with E-state index in [0.717, 1.165) is 44.3 Å². The van der Waals surface area contributed by atoms with Crippen LogP contribution in [0.3, 0.4) is 0 Å². The number of hydrogen-bond donors (Lipinski definition) is 1. The zero-order valence-electron chi connectivity index (χ0n) is 12.0. The molecular formula is C15H23NO3S. The summed E-state index contributed by atoms with van der Waals surface area (Å²) in [6, 6.07) is 6.76. The SMILES string of the molecule is CCCCOc1ccc(S(=O)(=O)NC2CCCC2)cc1. The van der Waals surface area contributed by atoms with Gasteiger partial charge in [-0.1, -0.05) is 26.2 Å². The third-order valence-electron chi connectivity index (χ3n) is 3.58. The second-order valence-electron chi connectivity index (χ2n) is 5.28. The van der Waals surface area contributed by atoms with Crippen LogP contribution in [-0.4, -0.2) is 21.1 Å². The summed E-state index contributed by atoms with van der Waals surface area (Å²) >= 11 is 0. The minimum atomic E-state index is -3.39. The van der Waals surface area contributed by atoms with E-state index in [1.54, 1.807) is 24.3 Å². The van der Waals surface area contributed by atoms with Gasteiger partial charge in [0.2, 0.25) is 10.0 Å². The summed E-state index contributed by atoms with van der Waals surface area (Å²) in [5.74, 6) is 0.721. The highest BCUT2D eigenvalue weighted by molar-refractivity contribution is 7.89. The van der Waals surface area contributed by atoms with Crippen molar-refractivity contribution in [2.45, 2.75) is 56.4 Å². The Morgan fingerprint density at radius 1 is 1.20 bits per heavy atom. The first kappa shape index (κ1) is 15.3. The zero-order valence-corrected chi connectivity index (χ0v) is 12.8. The van der Waals surface area contributed by atoms with E-state index < -0.39 is 10.0 Å². The average molecular weight is 297 g/mol. The van der Waals surface area contributed by atoms with Gasteiger partial charge in [-0.25, -0.2) is 13.1 Å². The summed E-state index contributed by atoms with van der Waals surface area (Å²) in [5.41, 5.74) is 0. The quantitative estimate of drug-likeness (QED) is 0.787. The van der Waals surface area contributed by atoms with Crippen LogP contribution in [0.4, 0.5) is 0 Å². The topological polar surface area (TPSA) is 55.4 Å². The molecule has 0 aliphatic heterocycles.